The minimum atomic E-state index is 0.0522. The van der Waals surface area contributed by atoms with Gasteiger partial charge in [-0.15, -0.1) is 0 Å². The molecule has 1 aromatic rings. The van der Waals surface area contributed by atoms with E-state index in [2.05, 4.69) is 11.1 Å². The summed E-state index contributed by atoms with van der Waals surface area (Å²) in [6, 6.07) is 2.12. The molecule has 0 bridgehead atoms. The van der Waals surface area contributed by atoms with Gasteiger partial charge in [-0.25, -0.2) is 4.98 Å². The fourth-order valence-electron chi connectivity index (χ4n) is 2.59. The molecule has 2 aliphatic rings. The highest BCUT2D eigenvalue weighted by molar-refractivity contribution is 5.88. The number of rotatable bonds is 3. The second-order valence-electron chi connectivity index (χ2n) is 6.13. The molecule has 2 heterocycles. The highest BCUT2D eigenvalue weighted by Crippen LogP contribution is 2.41. The van der Waals surface area contributed by atoms with Crippen molar-refractivity contribution in [3.05, 3.63) is 23.2 Å². The molecule has 6 nitrogen and oxygen atoms in total. The summed E-state index contributed by atoms with van der Waals surface area (Å²) in [5.41, 5.74) is 1.37. The Labute approximate surface area is 130 Å². The number of hydrogen-bond donors (Lipinski definition) is 0. The number of piperazine rings is 1. The maximum Gasteiger partial charge on any atom is 0.246 e. The van der Waals surface area contributed by atoms with Crippen molar-refractivity contribution >= 4 is 11.8 Å². The first-order valence-electron chi connectivity index (χ1n) is 7.68. The van der Waals surface area contributed by atoms with E-state index in [9.17, 15) is 10.1 Å². The second kappa shape index (κ2) is 5.84. The number of aromatic nitrogens is 1. The first kappa shape index (κ1) is 14.6. The number of allylic oxidation sites excluding steroid dienone is 1. The summed E-state index contributed by atoms with van der Waals surface area (Å²) in [6.07, 6.45) is 3.85. The number of carbonyl (C=O) groups excluding carboxylic acids is 1. The van der Waals surface area contributed by atoms with E-state index in [0.717, 1.165) is 18.4 Å². The molecule has 0 aromatic carbocycles. The molecule has 1 aliphatic carbocycles. The molecule has 1 amide bonds. The number of amides is 1. The summed E-state index contributed by atoms with van der Waals surface area (Å²) >= 11 is 0. The first-order chi connectivity index (χ1) is 10.6. The predicted molar refractivity (Wildman–Crippen MR) is 81.4 cm³/mol. The van der Waals surface area contributed by atoms with Gasteiger partial charge in [-0.3, -0.25) is 4.79 Å². The van der Waals surface area contributed by atoms with Crippen molar-refractivity contribution in [2.75, 3.05) is 31.1 Å². The molecular weight excluding hydrogens is 280 g/mol. The van der Waals surface area contributed by atoms with Crippen LogP contribution in [-0.4, -0.2) is 42.0 Å². The third-order valence-electron chi connectivity index (χ3n) is 3.95. The molecule has 1 aromatic heterocycles. The molecule has 0 unspecified atom stereocenters. The largest absolute Gasteiger partial charge is 0.423 e. The van der Waals surface area contributed by atoms with Gasteiger partial charge in [-0.1, -0.05) is 5.57 Å². The number of oxazole rings is 1. The molecule has 6 heteroatoms. The van der Waals surface area contributed by atoms with Crippen LogP contribution >= 0.6 is 0 Å². The van der Waals surface area contributed by atoms with Gasteiger partial charge >= 0.3 is 0 Å². The van der Waals surface area contributed by atoms with Gasteiger partial charge in [-0.05, 0) is 26.7 Å². The Balaban J connectivity index is 1.68. The molecule has 22 heavy (non-hydrogen) atoms. The molecule has 0 N–H and O–H groups in total. The quantitative estimate of drug-likeness (QED) is 0.799. The van der Waals surface area contributed by atoms with Gasteiger partial charge in [0.1, 0.15) is 6.07 Å². The molecule has 0 radical (unpaired) electrons. The minimum absolute atomic E-state index is 0.0522. The Hall–Kier alpha value is -2.29. The normalized spacial score (nSPS) is 18.0. The fourth-order valence-corrected chi connectivity index (χ4v) is 2.59. The Morgan fingerprint density at radius 3 is 2.55 bits per heavy atom. The zero-order chi connectivity index (χ0) is 15.7. The Bertz CT molecular complexity index is 640. The van der Waals surface area contributed by atoms with Crippen LogP contribution in [0.1, 0.15) is 44.2 Å². The van der Waals surface area contributed by atoms with Crippen LogP contribution in [0.15, 0.2) is 16.1 Å². The van der Waals surface area contributed by atoms with E-state index < -0.39 is 0 Å². The van der Waals surface area contributed by atoms with Crippen LogP contribution in [-0.2, 0) is 4.79 Å². The van der Waals surface area contributed by atoms with Crippen LogP contribution < -0.4 is 4.90 Å². The van der Waals surface area contributed by atoms with Crippen molar-refractivity contribution in [2.24, 2.45) is 0 Å². The highest BCUT2D eigenvalue weighted by atomic mass is 16.4. The lowest BCUT2D eigenvalue weighted by atomic mass is 10.2. The van der Waals surface area contributed by atoms with Crippen LogP contribution in [0, 0.1) is 11.3 Å². The van der Waals surface area contributed by atoms with Crippen molar-refractivity contribution in [3.8, 4) is 6.07 Å². The predicted octanol–water partition coefficient (Wildman–Crippen LogP) is 2.04. The van der Waals surface area contributed by atoms with Crippen molar-refractivity contribution in [1.29, 1.82) is 5.26 Å². The monoisotopic (exact) mass is 300 g/mol. The Kier molecular flexibility index (Phi) is 3.88. The molecule has 116 valence electrons. The number of hydrogen-bond acceptors (Lipinski definition) is 5. The molecular formula is C16H20N4O2. The molecule has 0 atom stereocenters. The summed E-state index contributed by atoms with van der Waals surface area (Å²) in [7, 11) is 0. The van der Waals surface area contributed by atoms with Crippen molar-refractivity contribution < 1.29 is 9.21 Å². The van der Waals surface area contributed by atoms with E-state index in [4.69, 9.17) is 4.42 Å². The Morgan fingerprint density at radius 1 is 1.32 bits per heavy atom. The molecule has 1 saturated carbocycles. The van der Waals surface area contributed by atoms with Gasteiger partial charge in [0.2, 0.25) is 23.4 Å². The molecule has 1 saturated heterocycles. The van der Waals surface area contributed by atoms with E-state index in [1.807, 2.05) is 23.6 Å². The number of anilines is 1. The lowest BCUT2D eigenvalue weighted by Gasteiger charge is -2.34. The van der Waals surface area contributed by atoms with E-state index in [-0.39, 0.29) is 5.91 Å². The van der Waals surface area contributed by atoms with Gasteiger partial charge in [-0.2, -0.15) is 5.26 Å². The van der Waals surface area contributed by atoms with Gasteiger partial charge in [0.25, 0.3) is 0 Å². The van der Waals surface area contributed by atoms with Gasteiger partial charge in [0.05, 0.1) is 0 Å². The topological polar surface area (TPSA) is 73.4 Å². The average molecular weight is 300 g/mol. The second-order valence-corrected chi connectivity index (χ2v) is 6.13. The van der Waals surface area contributed by atoms with Crippen LogP contribution in [0.3, 0.4) is 0 Å². The Morgan fingerprint density at radius 2 is 2.00 bits per heavy atom. The minimum Gasteiger partial charge on any atom is -0.423 e. The van der Waals surface area contributed by atoms with E-state index in [1.54, 1.807) is 6.08 Å². The maximum absolute atomic E-state index is 12.0. The van der Waals surface area contributed by atoms with E-state index in [0.29, 0.717) is 49.6 Å². The third kappa shape index (κ3) is 2.98. The molecule has 2 fully saturated rings. The lowest BCUT2D eigenvalue weighted by molar-refractivity contribution is -0.126. The number of nitrogens with zero attached hydrogens (tertiary/aromatic N) is 4. The van der Waals surface area contributed by atoms with Crippen LogP contribution in [0.5, 0.6) is 0 Å². The zero-order valence-corrected chi connectivity index (χ0v) is 13.0. The van der Waals surface area contributed by atoms with Gasteiger partial charge in [0, 0.05) is 38.2 Å². The SMILES string of the molecule is CC(C)=CC(=O)N1CCN(c2oc(C3CC3)nc2C#N)CC1. The lowest BCUT2D eigenvalue weighted by Crippen LogP contribution is -2.48. The first-order valence-corrected chi connectivity index (χ1v) is 7.68. The smallest absolute Gasteiger partial charge is 0.246 e. The average Bonchev–Trinajstić information content (AvgIpc) is 3.26. The standard InChI is InChI=1S/C16H20N4O2/c1-11(2)9-14(21)19-5-7-20(8-6-19)16-13(10-17)18-15(22-16)12-3-4-12/h9,12H,3-8H2,1-2H3. The van der Waals surface area contributed by atoms with Gasteiger partial charge < -0.3 is 14.2 Å². The maximum atomic E-state index is 12.0. The van der Waals surface area contributed by atoms with Gasteiger partial charge in [0.15, 0.2) is 0 Å². The van der Waals surface area contributed by atoms with E-state index >= 15 is 0 Å². The summed E-state index contributed by atoms with van der Waals surface area (Å²) < 4.78 is 5.81. The summed E-state index contributed by atoms with van der Waals surface area (Å²) in [5, 5.41) is 9.23. The summed E-state index contributed by atoms with van der Waals surface area (Å²) in [5.74, 6) is 1.70. The number of carbonyl (C=O) groups is 1. The fraction of sp³-hybridized carbons (Fsp3) is 0.562. The summed E-state index contributed by atoms with van der Waals surface area (Å²) in [6.45, 7) is 6.43. The number of nitriles is 1. The van der Waals surface area contributed by atoms with E-state index in [1.165, 1.54) is 0 Å². The van der Waals surface area contributed by atoms with Crippen molar-refractivity contribution in [2.45, 2.75) is 32.6 Å². The molecule has 0 spiro atoms. The zero-order valence-electron chi connectivity index (χ0n) is 13.0. The highest BCUT2D eigenvalue weighted by Gasteiger charge is 2.32. The van der Waals surface area contributed by atoms with Crippen LogP contribution in [0.25, 0.3) is 0 Å². The summed E-state index contributed by atoms with van der Waals surface area (Å²) in [4.78, 5) is 20.2. The van der Waals surface area contributed by atoms with Crippen molar-refractivity contribution in [1.82, 2.24) is 9.88 Å². The van der Waals surface area contributed by atoms with Crippen LogP contribution in [0.2, 0.25) is 0 Å². The van der Waals surface area contributed by atoms with Crippen LogP contribution in [0.4, 0.5) is 5.88 Å². The molecule has 1 aliphatic heterocycles. The van der Waals surface area contributed by atoms with Crippen molar-refractivity contribution in [3.63, 3.8) is 0 Å². The molecule has 3 rings (SSSR count). The third-order valence-corrected chi connectivity index (χ3v) is 3.95.